The molecule has 2 nitrogen and oxygen atoms in total. The summed E-state index contributed by atoms with van der Waals surface area (Å²) < 4.78 is 0. The summed E-state index contributed by atoms with van der Waals surface area (Å²) >= 11 is 0. The van der Waals surface area contributed by atoms with E-state index in [2.05, 4.69) is 6.92 Å². The van der Waals surface area contributed by atoms with Crippen molar-refractivity contribution in [3.8, 4) is 0 Å². The largest absolute Gasteiger partial charge is 0.481 e. The minimum absolute atomic E-state index is 0. The van der Waals surface area contributed by atoms with Gasteiger partial charge in [0, 0.05) is 0 Å². The molecule has 0 radical (unpaired) electrons. The number of carboxylic acid groups (broad SMARTS) is 1. The summed E-state index contributed by atoms with van der Waals surface area (Å²) in [4.78, 5) is 10.6. The van der Waals surface area contributed by atoms with E-state index < -0.39 is 5.97 Å². The Morgan fingerprint density at radius 2 is 1.83 bits per heavy atom. The maximum atomic E-state index is 10.6. The van der Waals surface area contributed by atoms with Crippen molar-refractivity contribution in [1.29, 1.82) is 0 Å². The summed E-state index contributed by atoms with van der Waals surface area (Å²) in [6.45, 7) is 4.12. The third-order valence-corrected chi connectivity index (χ3v) is 1.89. The van der Waals surface area contributed by atoms with E-state index in [9.17, 15) is 4.79 Å². The van der Waals surface area contributed by atoms with Gasteiger partial charge in [0.1, 0.15) is 0 Å². The lowest BCUT2D eigenvalue weighted by Crippen LogP contribution is -2.12. The molecule has 0 aromatic heterocycles. The van der Waals surface area contributed by atoms with E-state index in [1.165, 1.54) is 0 Å². The Morgan fingerprint density at radius 1 is 1.25 bits per heavy atom. The third-order valence-electron chi connectivity index (χ3n) is 1.89. The normalized spacial score (nSPS) is 11.8. The third kappa shape index (κ3) is 6.40. The highest BCUT2D eigenvalue weighted by atomic mass is 28.1. The van der Waals surface area contributed by atoms with Gasteiger partial charge >= 0.3 is 5.97 Å². The van der Waals surface area contributed by atoms with Gasteiger partial charge < -0.3 is 5.11 Å². The van der Waals surface area contributed by atoms with Crippen molar-refractivity contribution in [1.82, 2.24) is 0 Å². The first-order valence-electron chi connectivity index (χ1n) is 4.45. The van der Waals surface area contributed by atoms with E-state index in [1.807, 2.05) is 6.92 Å². The van der Waals surface area contributed by atoms with Crippen molar-refractivity contribution < 1.29 is 9.90 Å². The first kappa shape index (κ1) is 14.2. The van der Waals surface area contributed by atoms with E-state index in [-0.39, 0.29) is 16.9 Å². The summed E-state index contributed by atoms with van der Waals surface area (Å²) in [5.74, 6) is -0.722. The highest BCUT2D eigenvalue weighted by molar-refractivity contribution is 5.75. The standard InChI is InChI=1S/C9H18O2.H4Si/c1-3-5-7-8(6-4-2)9(10)11;/h8H,3-7H2,1-2H3,(H,10,11);1H4. The second kappa shape index (κ2) is 8.78. The van der Waals surface area contributed by atoms with Gasteiger partial charge in [0.2, 0.25) is 0 Å². The van der Waals surface area contributed by atoms with Crippen molar-refractivity contribution in [2.24, 2.45) is 5.92 Å². The highest BCUT2D eigenvalue weighted by Crippen LogP contribution is 2.14. The van der Waals surface area contributed by atoms with E-state index >= 15 is 0 Å². The van der Waals surface area contributed by atoms with Gasteiger partial charge in [-0.3, -0.25) is 4.79 Å². The molecule has 0 aliphatic rings. The minimum atomic E-state index is -0.625. The summed E-state index contributed by atoms with van der Waals surface area (Å²) in [5.41, 5.74) is 0. The van der Waals surface area contributed by atoms with Crippen LogP contribution in [0.15, 0.2) is 0 Å². The predicted molar refractivity (Wildman–Crippen MR) is 56.9 cm³/mol. The van der Waals surface area contributed by atoms with Crippen molar-refractivity contribution in [2.75, 3.05) is 0 Å². The topological polar surface area (TPSA) is 37.3 Å². The lowest BCUT2D eigenvalue weighted by atomic mass is 9.97. The Hall–Kier alpha value is -0.313. The smallest absolute Gasteiger partial charge is 0.306 e. The molecule has 0 spiro atoms. The van der Waals surface area contributed by atoms with Gasteiger partial charge in [-0.1, -0.05) is 33.1 Å². The molecule has 0 fully saturated rings. The fourth-order valence-electron chi connectivity index (χ4n) is 1.19. The van der Waals surface area contributed by atoms with Crippen LogP contribution in [0.4, 0.5) is 0 Å². The van der Waals surface area contributed by atoms with Crippen LogP contribution in [0, 0.1) is 5.92 Å². The molecule has 0 aliphatic heterocycles. The average Bonchev–Trinajstić information content (AvgIpc) is 1.97. The van der Waals surface area contributed by atoms with Gasteiger partial charge in [-0.15, -0.1) is 0 Å². The average molecular weight is 190 g/mol. The Bertz CT molecular complexity index is 115. The van der Waals surface area contributed by atoms with Crippen molar-refractivity contribution >= 4 is 16.9 Å². The summed E-state index contributed by atoms with van der Waals surface area (Å²) in [6.07, 6.45) is 4.78. The molecule has 74 valence electrons. The van der Waals surface area contributed by atoms with Crippen molar-refractivity contribution in [2.45, 2.75) is 46.0 Å². The monoisotopic (exact) mass is 190 g/mol. The van der Waals surface area contributed by atoms with E-state index in [0.717, 1.165) is 32.1 Å². The van der Waals surface area contributed by atoms with E-state index in [0.29, 0.717) is 0 Å². The molecule has 12 heavy (non-hydrogen) atoms. The summed E-state index contributed by atoms with van der Waals surface area (Å²) in [5, 5.41) is 8.73. The molecule has 0 bridgehead atoms. The van der Waals surface area contributed by atoms with E-state index in [4.69, 9.17) is 5.11 Å². The van der Waals surface area contributed by atoms with Gasteiger partial charge in [-0.2, -0.15) is 0 Å². The Kier molecular flexibility index (Phi) is 10.4. The summed E-state index contributed by atoms with van der Waals surface area (Å²) in [7, 11) is 0. The molecule has 0 aliphatic carbocycles. The molecule has 0 aromatic rings. The van der Waals surface area contributed by atoms with Gasteiger partial charge in [0.05, 0.1) is 5.92 Å². The van der Waals surface area contributed by atoms with Crippen LogP contribution in [-0.2, 0) is 4.79 Å². The molecule has 1 unspecified atom stereocenters. The maximum absolute atomic E-state index is 10.6. The molecule has 1 atom stereocenters. The zero-order chi connectivity index (χ0) is 8.69. The maximum Gasteiger partial charge on any atom is 0.306 e. The number of hydrogen-bond donors (Lipinski definition) is 1. The lowest BCUT2D eigenvalue weighted by Gasteiger charge is -2.08. The lowest BCUT2D eigenvalue weighted by molar-refractivity contribution is -0.142. The minimum Gasteiger partial charge on any atom is -0.481 e. The molecule has 3 heteroatoms. The second-order valence-electron chi connectivity index (χ2n) is 2.97. The predicted octanol–water partition coefficient (Wildman–Crippen LogP) is 1.23. The van der Waals surface area contributed by atoms with Gasteiger partial charge in [-0.05, 0) is 23.8 Å². The first-order chi connectivity index (χ1) is 5.22. The Morgan fingerprint density at radius 3 is 2.17 bits per heavy atom. The number of aliphatic carboxylic acids is 1. The molecule has 1 N–H and O–H groups in total. The van der Waals surface area contributed by atoms with E-state index in [1.54, 1.807) is 0 Å². The molecule has 0 rings (SSSR count). The number of carbonyl (C=O) groups is 1. The van der Waals surface area contributed by atoms with Crippen LogP contribution < -0.4 is 0 Å². The number of unbranched alkanes of at least 4 members (excludes halogenated alkanes) is 1. The van der Waals surface area contributed by atoms with Crippen LogP contribution in [0.3, 0.4) is 0 Å². The van der Waals surface area contributed by atoms with Crippen molar-refractivity contribution in [3.63, 3.8) is 0 Å². The highest BCUT2D eigenvalue weighted by Gasteiger charge is 2.14. The van der Waals surface area contributed by atoms with Gasteiger partial charge in [-0.25, -0.2) is 0 Å². The number of carboxylic acids is 1. The van der Waals surface area contributed by atoms with Crippen molar-refractivity contribution in [3.05, 3.63) is 0 Å². The van der Waals surface area contributed by atoms with Gasteiger partial charge in [0.15, 0.2) is 0 Å². The van der Waals surface area contributed by atoms with Crippen LogP contribution in [0.5, 0.6) is 0 Å². The number of hydrogen-bond acceptors (Lipinski definition) is 1. The van der Waals surface area contributed by atoms with Crippen LogP contribution in [0.1, 0.15) is 46.0 Å². The molecule has 0 amide bonds. The van der Waals surface area contributed by atoms with Crippen LogP contribution in [0.2, 0.25) is 0 Å². The molecule has 0 saturated carbocycles. The molecule has 0 saturated heterocycles. The Balaban J connectivity index is 0. The molecule has 0 aromatic carbocycles. The molecular weight excluding hydrogens is 168 g/mol. The number of rotatable bonds is 6. The molecule has 0 heterocycles. The quantitative estimate of drug-likeness (QED) is 0.640. The van der Waals surface area contributed by atoms with Crippen LogP contribution >= 0.6 is 0 Å². The fraction of sp³-hybridized carbons (Fsp3) is 0.889. The SMILES string of the molecule is CCCCC(CCC)C(=O)O.[SiH4]. The van der Waals surface area contributed by atoms with Gasteiger partial charge in [0.25, 0.3) is 0 Å². The first-order valence-corrected chi connectivity index (χ1v) is 4.45. The fourth-order valence-corrected chi connectivity index (χ4v) is 1.19. The second-order valence-corrected chi connectivity index (χ2v) is 2.97. The Labute approximate surface area is 79.4 Å². The zero-order valence-electron chi connectivity index (χ0n) is 7.47. The van der Waals surface area contributed by atoms with Crippen LogP contribution in [0.25, 0.3) is 0 Å². The van der Waals surface area contributed by atoms with Crippen LogP contribution in [-0.4, -0.2) is 22.0 Å². The summed E-state index contributed by atoms with van der Waals surface area (Å²) in [6, 6.07) is 0. The zero-order valence-corrected chi connectivity index (χ0v) is 7.47. The molecular formula is C9H22O2Si.